The normalized spacial score (nSPS) is 17.1. The fourth-order valence-corrected chi connectivity index (χ4v) is 2.49. The molecule has 1 aromatic carbocycles. The molecular weight excluding hydrogens is 320 g/mol. The van der Waals surface area contributed by atoms with Gasteiger partial charge in [0, 0.05) is 12.0 Å². The molecular formula is C16H16O8. The fourth-order valence-electron chi connectivity index (χ4n) is 2.49. The minimum Gasteiger partial charge on any atom is -0.508 e. The van der Waals surface area contributed by atoms with Crippen LogP contribution in [-0.4, -0.2) is 44.3 Å². The zero-order valence-electron chi connectivity index (χ0n) is 13.0. The number of carboxylic acids is 1. The molecule has 1 aromatic rings. The van der Waals surface area contributed by atoms with Gasteiger partial charge in [0.2, 0.25) is 0 Å². The van der Waals surface area contributed by atoms with E-state index in [0.29, 0.717) is 5.56 Å². The highest BCUT2D eigenvalue weighted by molar-refractivity contribution is 5.98. The van der Waals surface area contributed by atoms with Crippen LogP contribution in [0, 0.1) is 6.92 Å². The molecule has 0 fully saturated rings. The van der Waals surface area contributed by atoms with Crippen LogP contribution in [0.4, 0.5) is 0 Å². The van der Waals surface area contributed by atoms with Gasteiger partial charge in [-0.15, -0.1) is 0 Å². The van der Waals surface area contributed by atoms with E-state index in [1.807, 2.05) is 0 Å². The van der Waals surface area contributed by atoms with Crippen LogP contribution in [0.5, 0.6) is 11.5 Å². The van der Waals surface area contributed by atoms with E-state index in [0.717, 1.165) is 0 Å². The molecule has 0 aromatic heterocycles. The van der Waals surface area contributed by atoms with Crippen molar-refractivity contribution in [2.45, 2.75) is 32.8 Å². The van der Waals surface area contributed by atoms with Crippen molar-refractivity contribution in [1.82, 2.24) is 0 Å². The molecule has 8 heteroatoms. The number of carbonyl (C=O) groups is 3. The van der Waals surface area contributed by atoms with Crippen LogP contribution in [0.3, 0.4) is 0 Å². The summed E-state index contributed by atoms with van der Waals surface area (Å²) in [4.78, 5) is 34.1. The topological polar surface area (TPSA) is 141 Å². The van der Waals surface area contributed by atoms with Gasteiger partial charge in [-0.25, -0.2) is 4.79 Å². The summed E-state index contributed by atoms with van der Waals surface area (Å²) in [6.45, 7) is 2.75. The number of benzene rings is 1. The Hall–Kier alpha value is -3.03. The van der Waals surface area contributed by atoms with Crippen molar-refractivity contribution in [2.75, 3.05) is 0 Å². The van der Waals surface area contributed by atoms with Gasteiger partial charge in [-0.3, -0.25) is 9.59 Å². The molecule has 0 amide bonds. The third-order valence-corrected chi connectivity index (χ3v) is 3.76. The molecule has 24 heavy (non-hydrogen) atoms. The molecule has 4 N–H and O–H groups in total. The lowest BCUT2D eigenvalue weighted by Crippen LogP contribution is -2.16. The van der Waals surface area contributed by atoms with Crippen molar-refractivity contribution in [3.8, 4) is 11.5 Å². The predicted molar refractivity (Wildman–Crippen MR) is 80.0 cm³/mol. The number of rotatable bonds is 5. The standard InChI is InChI=1S/C16H16O8/c1-6-3-8(7(2)17)14(21)9(13(6)20)4-10-15(22)11(5-12(18)19)24-16(10)23/h3,11,20-22H,4-5H2,1-2H3,(H,18,19)/t11-/m0/s1. The number of phenolic OH excluding ortho intramolecular Hbond substituents is 2. The highest BCUT2D eigenvalue weighted by atomic mass is 16.6. The van der Waals surface area contributed by atoms with Crippen molar-refractivity contribution < 1.29 is 39.5 Å². The molecule has 0 unspecified atom stereocenters. The highest BCUT2D eigenvalue weighted by Crippen LogP contribution is 2.37. The van der Waals surface area contributed by atoms with Gasteiger partial charge in [0.25, 0.3) is 0 Å². The maximum Gasteiger partial charge on any atom is 0.338 e. The molecule has 0 bridgehead atoms. The first-order valence-electron chi connectivity index (χ1n) is 7.03. The summed E-state index contributed by atoms with van der Waals surface area (Å²) in [7, 11) is 0. The van der Waals surface area contributed by atoms with E-state index >= 15 is 0 Å². The first kappa shape index (κ1) is 17.3. The average Bonchev–Trinajstić information content (AvgIpc) is 2.73. The Kier molecular flexibility index (Phi) is 4.50. The smallest absolute Gasteiger partial charge is 0.338 e. The first-order valence-corrected chi connectivity index (χ1v) is 7.03. The van der Waals surface area contributed by atoms with Crippen LogP contribution in [0.1, 0.15) is 34.8 Å². The molecule has 0 aliphatic carbocycles. The van der Waals surface area contributed by atoms with Gasteiger partial charge < -0.3 is 25.2 Å². The molecule has 128 valence electrons. The van der Waals surface area contributed by atoms with Gasteiger partial charge in [0.1, 0.15) is 17.3 Å². The number of ketones is 1. The van der Waals surface area contributed by atoms with Gasteiger partial charge >= 0.3 is 11.9 Å². The molecule has 8 nitrogen and oxygen atoms in total. The lowest BCUT2D eigenvalue weighted by molar-refractivity contribution is -0.145. The second kappa shape index (κ2) is 6.23. The lowest BCUT2D eigenvalue weighted by Gasteiger charge is -2.12. The zero-order chi connectivity index (χ0) is 18.2. The summed E-state index contributed by atoms with van der Waals surface area (Å²) in [5.74, 6) is -4.03. The average molecular weight is 336 g/mol. The second-order valence-corrected chi connectivity index (χ2v) is 5.51. The van der Waals surface area contributed by atoms with E-state index in [9.17, 15) is 29.7 Å². The molecule has 1 atom stereocenters. The molecule has 0 saturated heterocycles. The quantitative estimate of drug-likeness (QED) is 0.466. The number of aliphatic carboxylic acids is 1. The molecule has 1 aliphatic rings. The Bertz CT molecular complexity index is 775. The summed E-state index contributed by atoms with van der Waals surface area (Å²) in [5.41, 5.74) is -0.114. The van der Waals surface area contributed by atoms with E-state index in [1.54, 1.807) is 0 Å². The fraction of sp³-hybridized carbons (Fsp3) is 0.312. The van der Waals surface area contributed by atoms with Crippen LogP contribution in [-0.2, 0) is 20.7 Å². The highest BCUT2D eigenvalue weighted by Gasteiger charge is 2.36. The van der Waals surface area contributed by atoms with Crippen molar-refractivity contribution in [3.63, 3.8) is 0 Å². The number of cyclic esters (lactones) is 1. The van der Waals surface area contributed by atoms with Crippen molar-refractivity contribution in [3.05, 3.63) is 34.1 Å². The van der Waals surface area contributed by atoms with Crippen LogP contribution >= 0.6 is 0 Å². The number of hydrogen-bond donors (Lipinski definition) is 4. The van der Waals surface area contributed by atoms with Crippen LogP contribution < -0.4 is 0 Å². The summed E-state index contributed by atoms with van der Waals surface area (Å²) >= 11 is 0. The SMILES string of the molecule is CC(=O)c1cc(C)c(O)c(CC2=C(O)[C@H](CC(=O)O)OC2=O)c1O. The number of ether oxygens (including phenoxy) is 1. The maximum atomic E-state index is 11.8. The van der Waals surface area contributed by atoms with Crippen molar-refractivity contribution in [1.29, 1.82) is 0 Å². The number of Topliss-reactive ketones (excluding diaryl/α,β-unsaturated/α-hetero) is 1. The number of aliphatic hydroxyl groups is 1. The van der Waals surface area contributed by atoms with Crippen molar-refractivity contribution >= 4 is 17.7 Å². The summed E-state index contributed by atoms with van der Waals surface area (Å²) in [6.07, 6.45) is -2.32. The van der Waals surface area contributed by atoms with E-state index in [2.05, 4.69) is 0 Å². The van der Waals surface area contributed by atoms with E-state index in [4.69, 9.17) is 9.84 Å². The number of aromatic hydroxyl groups is 2. The van der Waals surface area contributed by atoms with Crippen LogP contribution in [0.15, 0.2) is 17.4 Å². The number of hydrogen-bond acceptors (Lipinski definition) is 7. The number of aliphatic hydroxyl groups excluding tert-OH is 1. The van der Waals surface area contributed by atoms with Crippen LogP contribution in [0.25, 0.3) is 0 Å². The molecule has 0 saturated carbocycles. The summed E-state index contributed by atoms with van der Waals surface area (Å²) in [5, 5.41) is 39.0. The minimum atomic E-state index is -1.31. The molecule has 1 heterocycles. The number of phenols is 2. The Morgan fingerprint density at radius 2 is 1.83 bits per heavy atom. The number of carboxylic acid groups (broad SMARTS) is 1. The Morgan fingerprint density at radius 3 is 2.38 bits per heavy atom. The third-order valence-electron chi connectivity index (χ3n) is 3.76. The Morgan fingerprint density at radius 1 is 1.21 bits per heavy atom. The minimum absolute atomic E-state index is 0.0335. The van der Waals surface area contributed by atoms with Gasteiger partial charge in [-0.05, 0) is 25.5 Å². The zero-order valence-corrected chi connectivity index (χ0v) is 13.0. The number of carbonyl (C=O) groups excluding carboxylic acids is 2. The van der Waals surface area contributed by atoms with Crippen molar-refractivity contribution in [2.24, 2.45) is 0 Å². The molecule has 0 radical (unpaired) electrons. The van der Waals surface area contributed by atoms with E-state index < -0.39 is 48.2 Å². The van der Waals surface area contributed by atoms with Gasteiger partial charge in [-0.2, -0.15) is 0 Å². The van der Waals surface area contributed by atoms with E-state index in [1.165, 1.54) is 19.9 Å². The largest absolute Gasteiger partial charge is 0.508 e. The summed E-state index contributed by atoms with van der Waals surface area (Å²) < 4.78 is 4.78. The third kappa shape index (κ3) is 3.03. The molecule has 2 rings (SSSR count). The number of aryl methyl sites for hydroxylation is 1. The van der Waals surface area contributed by atoms with Gasteiger partial charge in [0.15, 0.2) is 11.9 Å². The monoisotopic (exact) mass is 336 g/mol. The summed E-state index contributed by atoms with van der Waals surface area (Å²) in [6, 6.07) is 1.31. The first-order chi connectivity index (χ1) is 11.1. The van der Waals surface area contributed by atoms with Crippen LogP contribution in [0.2, 0.25) is 0 Å². The number of esters is 1. The Balaban J connectivity index is 2.47. The van der Waals surface area contributed by atoms with Gasteiger partial charge in [-0.1, -0.05) is 0 Å². The van der Waals surface area contributed by atoms with Gasteiger partial charge in [0.05, 0.1) is 17.6 Å². The predicted octanol–water partition coefficient (Wildman–Crippen LogP) is 1.36. The molecule has 1 aliphatic heterocycles. The second-order valence-electron chi connectivity index (χ2n) is 5.51. The van der Waals surface area contributed by atoms with E-state index in [-0.39, 0.29) is 22.4 Å². The lowest BCUT2D eigenvalue weighted by atomic mass is 9.95. The molecule has 0 spiro atoms. The maximum absolute atomic E-state index is 11.8. The Labute approximate surface area is 136 Å².